The van der Waals surface area contributed by atoms with Crippen molar-refractivity contribution in [1.82, 2.24) is 25.8 Å². The standard InChI is InChI=1S/C39H47N5O13S.C6H15N/c45-34(14-18-43-36(47)11-12-37(43)48)40-17-20-55-22-24-57-26-25-56-23-21-54-19-15-35(46)42-27-33(58(51,52)53)39(50)41-16-13-38(49)44-28-31-7-2-1-5-29(31)9-10-30-6-3-4-8-32(30)44;1-4-7(5-2)6-3/h1-8,11-12,33H,13-28H2,(H,40,45)(H,41,50)(H,42,46)(H,51,52,53);4-6H2,1-3H3. The second-order valence-electron chi connectivity index (χ2n) is 14.3. The number of nitrogens with one attached hydrogen (secondary N) is 3. The fourth-order valence-corrected chi connectivity index (χ4v) is 6.84. The van der Waals surface area contributed by atoms with Crippen molar-refractivity contribution in [1.29, 1.82) is 0 Å². The van der Waals surface area contributed by atoms with Crippen LogP contribution in [-0.2, 0) is 64.4 Å². The van der Waals surface area contributed by atoms with E-state index in [0.29, 0.717) is 31.1 Å². The van der Waals surface area contributed by atoms with Gasteiger partial charge in [0.1, 0.15) is 0 Å². The molecule has 65 heavy (non-hydrogen) atoms. The molecule has 2 aromatic rings. The summed E-state index contributed by atoms with van der Waals surface area (Å²) in [6.45, 7) is 11.5. The molecule has 2 aliphatic rings. The van der Waals surface area contributed by atoms with Gasteiger partial charge >= 0.3 is 0 Å². The lowest BCUT2D eigenvalue weighted by molar-refractivity contribution is -0.137. The van der Waals surface area contributed by atoms with Crippen molar-refractivity contribution >= 4 is 51.2 Å². The predicted octanol–water partition coefficient (Wildman–Crippen LogP) is 1.05. The van der Waals surface area contributed by atoms with Crippen LogP contribution in [0.3, 0.4) is 0 Å². The van der Waals surface area contributed by atoms with Gasteiger partial charge in [0.05, 0.1) is 65.1 Å². The topological polar surface area (TPSA) is 240 Å². The predicted molar refractivity (Wildman–Crippen MR) is 241 cm³/mol. The highest BCUT2D eigenvalue weighted by Crippen LogP contribution is 2.26. The van der Waals surface area contributed by atoms with Crippen LogP contribution in [0.15, 0.2) is 60.7 Å². The van der Waals surface area contributed by atoms with Gasteiger partial charge in [-0.1, -0.05) is 62.9 Å². The van der Waals surface area contributed by atoms with Crippen molar-refractivity contribution < 1.29 is 60.7 Å². The largest absolute Gasteiger partial charge is 0.379 e. The average Bonchev–Trinajstić information content (AvgIpc) is 3.60. The van der Waals surface area contributed by atoms with E-state index in [1.54, 1.807) is 23.1 Å². The first-order chi connectivity index (χ1) is 31.3. The van der Waals surface area contributed by atoms with Gasteiger partial charge in [-0.15, -0.1) is 0 Å². The maximum Gasteiger partial charge on any atom is 0.278 e. The SMILES string of the molecule is CCN(CC)CC.O=C(CCN1C(=O)C=CC1=O)NCCOCCOCCOCCOCCC(=O)NCC(C(=O)NCCC(=O)N1Cc2ccccc2C#Cc2ccccc21)S(=O)(=O)O. The molecule has 2 aliphatic heterocycles. The number of benzene rings is 2. The Morgan fingerprint density at radius 2 is 1.23 bits per heavy atom. The van der Waals surface area contributed by atoms with Gasteiger partial charge in [-0.05, 0) is 43.4 Å². The molecule has 0 saturated carbocycles. The van der Waals surface area contributed by atoms with Gasteiger partial charge in [-0.25, -0.2) is 0 Å². The van der Waals surface area contributed by atoms with E-state index in [9.17, 15) is 41.7 Å². The molecule has 0 aromatic heterocycles. The van der Waals surface area contributed by atoms with E-state index in [1.165, 1.54) is 19.6 Å². The lowest BCUT2D eigenvalue weighted by Crippen LogP contribution is -2.47. The van der Waals surface area contributed by atoms with Gasteiger partial charge in [0.15, 0.2) is 5.25 Å². The Kier molecular flexibility index (Phi) is 24.7. The molecule has 1 unspecified atom stereocenters. The third-order valence-electron chi connectivity index (χ3n) is 9.91. The smallest absolute Gasteiger partial charge is 0.278 e. The lowest BCUT2D eigenvalue weighted by Gasteiger charge is -2.26. The Balaban J connectivity index is 0.00000148. The summed E-state index contributed by atoms with van der Waals surface area (Å²) in [6.07, 6.45) is 2.00. The van der Waals surface area contributed by atoms with Crippen molar-refractivity contribution in [2.24, 2.45) is 0 Å². The van der Waals surface area contributed by atoms with Crippen LogP contribution in [0.25, 0.3) is 0 Å². The molecule has 6 amide bonds. The van der Waals surface area contributed by atoms with E-state index in [2.05, 4.69) is 53.5 Å². The number of nitrogens with zero attached hydrogens (tertiary/aromatic N) is 3. The minimum Gasteiger partial charge on any atom is -0.379 e. The number of fused-ring (bicyclic) bond motifs is 2. The van der Waals surface area contributed by atoms with Crippen molar-refractivity contribution in [3.8, 4) is 11.8 Å². The molecule has 0 saturated heterocycles. The quantitative estimate of drug-likeness (QED) is 0.0404. The number of imide groups is 1. The zero-order valence-corrected chi connectivity index (χ0v) is 38.2. The number of anilines is 1. The molecule has 4 rings (SSSR count). The van der Waals surface area contributed by atoms with E-state index >= 15 is 0 Å². The van der Waals surface area contributed by atoms with Crippen LogP contribution in [0.5, 0.6) is 0 Å². The van der Waals surface area contributed by atoms with Crippen LogP contribution in [0.1, 0.15) is 56.7 Å². The molecule has 2 aromatic carbocycles. The molecule has 0 aliphatic carbocycles. The number of para-hydroxylation sites is 1. The minimum atomic E-state index is -4.91. The maximum absolute atomic E-state index is 13.4. The fourth-order valence-electron chi connectivity index (χ4n) is 6.19. The van der Waals surface area contributed by atoms with Crippen LogP contribution in [0, 0.1) is 11.8 Å². The van der Waals surface area contributed by atoms with E-state index in [4.69, 9.17) is 18.9 Å². The number of rotatable bonds is 28. The van der Waals surface area contributed by atoms with Gasteiger partial charge in [0.2, 0.25) is 23.6 Å². The monoisotopic (exact) mass is 926 g/mol. The highest BCUT2D eigenvalue weighted by Gasteiger charge is 2.32. The van der Waals surface area contributed by atoms with Gasteiger partial charge in [-0.2, -0.15) is 8.42 Å². The molecule has 0 radical (unpaired) electrons. The summed E-state index contributed by atoms with van der Waals surface area (Å²) in [4.78, 5) is 78.2. The second kappa shape index (κ2) is 29.8. The molecule has 20 heteroatoms. The number of carbonyl (C=O) groups is 6. The molecular formula is C45H62N6O13S. The number of amides is 6. The second-order valence-corrected chi connectivity index (χ2v) is 15.9. The first-order valence-electron chi connectivity index (χ1n) is 21.6. The molecule has 0 fully saturated rings. The van der Waals surface area contributed by atoms with Crippen molar-refractivity contribution in [2.75, 3.05) is 104 Å². The summed E-state index contributed by atoms with van der Waals surface area (Å²) in [5.74, 6) is 3.04. The number of ether oxygens (including phenoxy) is 4. The summed E-state index contributed by atoms with van der Waals surface area (Å²) in [5.41, 5.74) is 2.88. The third kappa shape index (κ3) is 20.0. The van der Waals surface area contributed by atoms with Crippen molar-refractivity contribution in [3.05, 3.63) is 77.4 Å². The average molecular weight is 927 g/mol. The molecule has 2 heterocycles. The molecule has 19 nitrogen and oxygen atoms in total. The molecule has 1 atom stereocenters. The highest BCUT2D eigenvalue weighted by molar-refractivity contribution is 7.87. The molecule has 356 valence electrons. The van der Waals surface area contributed by atoms with Crippen LogP contribution >= 0.6 is 0 Å². The highest BCUT2D eigenvalue weighted by atomic mass is 32.2. The van der Waals surface area contributed by atoms with Gasteiger partial charge in [-0.3, -0.25) is 38.2 Å². The van der Waals surface area contributed by atoms with E-state index in [1.807, 2.05) is 30.3 Å². The molecular weight excluding hydrogens is 865 g/mol. The van der Waals surface area contributed by atoms with E-state index in [-0.39, 0.29) is 90.3 Å². The Hall–Kier alpha value is -5.53. The fraction of sp³-hybridized carbons (Fsp3) is 0.511. The Labute approximate surface area is 381 Å². The van der Waals surface area contributed by atoms with E-state index < -0.39 is 45.5 Å². The maximum atomic E-state index is 13.4. The Morgan fingerprint density at radius 3 is 1.83 bits per heavy atom. The van der Waals surface area contributed by atoms with Gasteiger partial charge in [0.25, 0.3) is 21.9 Å². The summed E-state index contributed by atoms with van der Waals surface area (Å²) < 4.78 is 55.2. The van der Waals surface area contributed by atoms with Gasteiger partial charge < -0.3 is 44.7 Å². The van der Waals surface area contributed by atoms with Crippen LogP contribution in [0.4, 0.5) is 5.69 Å². The Bertz CT molecular complexity index is 2060. The summed E-state index contributed by atoms with van der Waals surface area (Å²) in [5, 5.41) is 5.34. The third-order valence-corrected chi connectivity index (χ3v) is 11.0. The summed E-state index contributed by atoms with van der Waals surface area (Å²) in [7, 11) is -4.91. The van der Waals surface area contributed by atoms with Crippen molar-refractivity contribution in [3.63, 3.8) is 0 Å². The van der Waals surface area contributed by atoms with Crippen LogP contribution < -0.4 is 20.9 Å². The van der Waals surface area contributed by atoms with Gasteiger partial charge in [0, 0.05) is 68.7 Å². The zero-order chi connectivity index (χ0) is 47.5. The van der Waals surface area contributed by atoms with Crippen molar-refractivity contribution in [2.45, 2.75) is 51.8 Å². The summed E-state index contributed by atoms with van der Waals surface area (Å²) >= 11 is 0. The normalized spacial score (nSPS) is 13.4. The molecule has 0 bridgehead atoms. The zero-order valence-electron chi connectivity index (χ0n) is 37.4. The summed E-state index contributed by atoms with van der Waals surface area (Å²) in [6, 6.07) is 14.6. The number of hydrogen-bond acceptors (Lipinski definition) is 13. The lowest BCUT2D eigenvalue weighted by atomic mass is 10.0. The molecule has 0 spiro atoms. The Morgan fingerprint density at radius 1 is 0.692 bits per heavy atom. The number of carbonyl (C=O) groups excluding carboxylic acids is 6. The first-order valence-corrected chi connectivity index (χ1v) is 23.1. The van der Waals surface area contributed by atoms with Crippen LogP contribution in [-0.4, -0.2) is 162 Å². The number of hydrogen-bond donors (Lipinski definition) is 4. The van der Waals surface area contributed by atoms with Crippen LogP contribution in [0.2, 0.25) is 0 Å². The van der Waals surface area contributed by atoms with E-state index in [0.717, 1.165) is 28.2 Å². The minimum absolute atomic E-state index is 0.00210. The molecule has 4 N–H and O–H groups in total. The first kappa shape index (κ1) is 53.8.